The molecule has 0 bridgehead atoms. The minimum absolute atomic E-state index is 0.162. The van der Waals surface area contributed by atoms with Crippen molar-refractivity contribution in [3.05, 3.63) is 66.2 Å². The Hall–Kier alpha value is -3.39. The number of amides is 1. The van der Waals surface area contributed by atoms with Crippen LogP contribution in [0.25, 0.3) is 11.3 Å². The Morgan fingerprint density at radius 2 is 1.67 bits per heavy atom. The summed E-state index contributed by atoms with van der Waals surface area (Å²) in [7, 11) is 1.33. The molecule has 8 heteroatoms. The average Bonchev–Trinajstić information content (AvgIpc) is 2.88. The van der Waals surface area contributed by atoms with Crippen LogP contribution in [0.1, 0.15) is 29.6 Å². The number of anilines is 2. The highest BCUT2D eigenvalue weighted by Gasteiger charge is 2.12. The minimum atomic E-state index is -0.414. The van der Waals surface area contributed by atoms with E-state index in [0.717, 1.165) is 24.3 Å². The number of hydrogen-bond acceptors (Lipinski definition) is 7. The summed E-state index contributed by atoms with van der Waals surface area (Å²) in [4.78, 5) is 26.1. The molecular formula is C25H26N4O3S. The number of esters is 1. The van der Waals surface area contributed by atoms with Gasteiger partial charge in [-0.15, -0.1) is 10.2 Å². The topological polar surface area (TPSA) is 84.4 Å². The normalized spacial score (nSPS) is 13.4. The fourth-order valence-electron chi connectivity index (χ4n) is 3.69. The van der Waals surface area contributed by atoms with Crippen LogP contribution in [0.4, 0.5) is 11.4 Å². The first-order chi connectivity index (χ1) is 16.1. The number of benzene rings is 2. The lowest BCUT2D eigenvalue weighted by molar-refractivity contribution is -0.113. The summed E-state index contributed by atoms with van der Waals surface area (Å²) >= 11 is 1.32. The Bertz CT molecular complexity index is 1080. The van der Waals surface area contributed by atoms with Gasteiger partial charge in [0.2, 0.25) is 5.91 Å². The number of thioether (sulfide) groups is 1. The molecule has 7 nitrogen and oxygen atoms in total. The van der Waals surface area contributed by atoms with Crippen molar-refractivity contribution in [3.8, 4) is 11.3 Å². The van der Waals surface area contributed by atoms with E-state index in [2.05, 4.69) is 49.4 Å². The van der Waals surface area contributed by atoms with Crippen LogP contribution in [0.3, 0.4) is 0 Å². The predicted octanol–water partition coefficient (Wildman–Crippen LogP) is 4.65. The smallest absolute Gasteiger partial charge is 0.337 e. The molecule has 0 radical (unpaired) electrons. The number of methoxy groups -OCH3 is 1. The predicted molar refractivity (Wildman–Crippen MR) is 131 cm³/mol. The molecule has 1 saturated heterocycles. The molecule has 2 aromatic carbocycles. The van der Waals surface area contributed by atoms with Gasteiger partial charge in [-0.25, -0.2) is 4.79 Å². The van der Waals surface area contributed by atoms with E-state index in [4.69, 9.17) is 0 Å². The monoisotopic (exact) mass is 462 g/mol. The third-order valence-corrected chi connectivity index (χ3v) is 6.39. The van der Waals surface area contributed by atoms with E-state index in [1.165, 1.54) is 43.8 Å². The van der Waals surface area contributed by atoms with Gasteiger partial charge in [-0.2, -0.15) is 0 Å². The molecule has 1 aromatic heterocycles. The van der Waals surface area contributed by atoms with Crippen LogP contribution >= 0.6 is 11.8 Å². The van der Waals surface area contributed by atoms with Gasteiger partial charge in [0.25, 0.3) is 0 Å². The van der Waals surface area contributed by atoms with E-state index in [1.807, 2.05) is 12.1 Å². The summed E-state index contributed by atoms with van der Waals surface area (Å²) in [5.41, 5.74) is 4.13. The number of nitrogens with zero attached hydrogens (tertiary/aromatic N) is 3. The summed E-state index contributed by atoms with van der Waals surface area (Å²) in [5.74, 6) is -0.370. The maximum Gasteiger partial charge on any atom is 0.337 e. The zero-order chi connectivity index (χ0) is 23.0. The lowest BCUT2D eigenvalue weighted by Gasteiger charge is -2.28. The first-order valence-corrected chi connectivity index (χ1v) is 11.9. The number of nitrogens with one attached hydrogen (secondary N) is 1. The first kappa shape index (κ1) is 22.8. The van der Waals surface area contributed by atoms with Crippen molar-refractivity contribution in [2.75, 3.05) is 36.2 Å². The van der Waals surface area contributed by atoms with Crippen LogP contribution in [-0.4, -0.2) is 48.0 Å². The largest absolute Gasteiger partial charge is 0.465 e. The SMILES string of the molecule is COC(=O)c1ccc(NC(=O)CSc2ccc(-c3ccc(N4CCCCC4)cc3)nn2)cc1. The van der Waals surface area contributed by atoms with Gasteiger partial charge in [-0.05, 0) is 67.8 Å². The average molecular weight is 463 g/mol. The number of hydrogen-bond donors (Lipinski definition) is 1. The van der Waals surface area contributed by atoms with Crippen molar-refractivity contribution in [1.82, 2.24) is 10.2 Å². The van der Waals surface area contributed by atoms with Gasteiger partial charge in [0.05, 0.1) is 24.1 Å². The molecule has 0 atom stereocenters. The molecule has 2 heterocycles. The third kappa shape index (κ3) is 6.10. The lowest BCUT2D eigenvalue weighted by atomic mass is 10.1. The second kappa shape index (κ2) is 11.0. The molecule has 170 valence electrons. The highest BCUT2D eigenvalue weighted by Crippen LogP contribution is 2.25. The van der Waals surface area contributed by atoms with Gasteiger partial charge >= 0.3 is 5.97 Å². The fourth-order valence-corrected chi connectivity index (χ4v) is 4.30. The number of carbonyl (C=O) groups is 2. The van der Waals surface area contributed by atoms with Crippen LogP contribution in [-0.2, 0) is 9.53 Å². The van der Waals surface area contributed by atoms with Gasteiger partial charge in [-0.3, -0.25) is 4.79 Å². The summed E-state index contributed by atoms with van der Waals surface area (Å²) in [6, 6.07) is 18.8. The molecular weight excluding hydrogens is 436 g/mol. The molecule has 1 aliphatic heterocycles. The molecule has 1 aliphatic rings. The van der Waals surface area contributed by atoms with Crippen molar-refractivity contribution >= 4 is 35.0 Å². The highest BCUT2D eigenvalue weighted by molar-refractivity contribution is 7.99. The van der Waals surface area contributed by atoms with E-state index < -0.39 is 5.97 Å². The Morgan fingerprint density at radius 1 is 0.939 bits per heavy atom. The van der Waals surface area contributed by atoms with E-state index in [0.29, 0.717) is 16.3 Å². The van der Waals surface area contributed by atoms with Gasteiger partial charge in [0.15, 0.2) is 0 Å². The molecule has 4 rings (SSSR count). The first-order valence-electron chi connectivity index (χ1n) is 10.9. The number of rotatable bonds is 7. The van der Waals surface area contributed by atoms with Gasteiger partial charge in [0.1, 0.15) is 5.03 Å². The van der Waals surface area contributed by atoms with Crippen LogP contribution in [0, 0.1) is 0 Å². The maximum atomic E-state index is 12.2. The van der Waals surface area contributed by atoms with E-state index in [-0.39, 0.29) is 11.7 Å². The van der Waals surface area contributed by atoms with Gasteiger partial charge in [-0.1, -0.05) is 23.9 Å². The quantitative estimate of drug-likeness (QED) is 0.404. The molecule has 0 aliphatic carbocycles. The third-order valence-electron chi connectivity index (χ3n) is 5.47. The molecule has 1 amide bonds. The van der Waals surface area contributed by atoms with Gasteiger partial charge in [0, 0.05) is 30.0 Å². The molecule has 0 saturated carbocycles. The van der Waals surface area contributed by atoms with Gasteiger partial charge < -0.3 is 15.0 Å². The zero-order valence-electron chi connectivity index (χ0n) is 18.5. The summed E-state index contributed by atoms with van der Waals surface area (Å²) in [6.07, 6.45) is 3.83. The molecule has 0 unspecified atom stereocenters. The minimum Gasteiger partial charge on any atom is -0.465 e. The number of carbonyl (C=O) groups excluding carboxylic acids is 2. The Balaban J connectivity index is 1.28. The van der Waals surface area contributed by atoms with Crippen LogP contribution in [0.15, 0.2) is 65.7 Å². The van der Waals surface area contributed by atoms with E-state index in [1.54, 1.807) is 24.3 Å². The van der Waals surface area contributed by atoms with Crippen LogP contribution < -0.4 is 10.2 Å². The molecule has 33 heavy (non-hydrogen) atoms. The fraction of sp³-hybridized carbons (Fsp3) is 0.280. The van der Waals surface area contributed by atoms with Crippen molar-refractivity contribution in [3.63, 3.8) is 0 Å². The Morgan fingerprint density at radius 3 is 2.30 bits per heavy atom. The number of aromatic nitrogens is 2. The molecule has 1 N–H and O–H groups in total. The van der Waals surface area contributed by atoms with Crippen molar-refractivity contribution in [2.24, 2.45) is 0 Å². The molecule has 0 spiro atoms. The van der Waals surface area contributed by atoms with E-state index >= 15 is 0 Å². The lowest BCUT2D eigenvalue weighted by Crippen LogP contribution is -2.29. The maximum absolute atomic E-state index is 12.2. The van der Waals surface area contributed by atoms with Crippen molar-refractivity contribution in [1.29, 1.82) is 0 Å². The van der Waals surface area contributed by atoms with Crippen molar-refractivity contribution < 1.29 is 14.3 Å². The summed E-state index contributed by atoms with van der Waals surface area (Å²) < 4.78 is 4.67. The standard InChI is InChI=1S/C25H26N4O3S/c1-32-25(31)19-5-9-20(10-6-19)26-23(30)17-33-24-14-13-22(27-28-24)18-7-11-21(12-8-18)29-15-3-2-4-16-29/h5-14H,2-4,15-17H2,1H3,(H,26,30). The Kier molecular flexibility index (Phi) is 7.57. The van der Waals surface area contributed by atoms with Crippen LogP contribution in [0.2, 0.25) is 0 Å². The Labute approximate surface area is 197 Å². The second-order valence-electron chi connectivity index (χ2n) is 7.76. The summed E-state index contributed by atoms with van der Waals surface area (Å²) in [5, 5.41) is 12.1. The highest BCUT2D eigenvalue weighted by atomic mass is 32.2. The summed E-state index contributed by atoms with van der Waals surface area (Å²) in [6.45, 7) is 2.24. The number of ether oxygens (including phenoxy) is 1. The van der Waals surface area contributed by atoms with Crippen LogP contribution in [0.5, 0.6) is 0 Å². The molecule has 3 aromatic rings. The van der Waals surface area contributed by atoms with E-state index in [9.17, 15) is 9.59 Å². The second-order valence-corrected chi connectivity index (χ2v) is 8.75. The van der Waals surface area contributed by atoms with Crippen molar-refractivity contribution in [2.45, 2.75) is 24.3 Å². The number of piperidine rings is 1. The zero-order valence-corrected chi connectivity index (χ0v) is 19.3. The molecule has 1 fully saturated rings.